The number of nitrogens with one attached hydrogen (secondary N) is 3. The zero-order chi connectivity index (χ0) is 18.2. The Kier molecular flexibility index (Phi) is 7.31. The first-order valence-electron chi connectivity index (χ1n) is 9.30. The Balaban J connectivity index is 1.79. The second kappa shape index (κ2) is 9.47. The van der Waals surface area contributed by atoms with Gasteiger partial charge in [-0.05, 0) is 50.9 Å². The SMILES string of the molecule is CCN(CCNC(=NC)NCCc1c[nH]c2cc(C)ccc12)C(C)C. The highest BCUT2D eigenvalue weighted by Crippen LogP contribution is 2.19. The lowest BCUT2D eigenvalue weighted by molar-refractivity contribution is 0.237. The minimum Gasteiger partial charge on any atom is -0.361 e. The third-order valence-electron chi connectivity index (χ3n) is 4.66. The molecule has 2 rings (SSSR count). The molecule has 2 aromatic rings. The fourth-order valence-corrected chi connectivity index (χ4v) is 3.14. The van der Waals surface area contributed by atoms with Gasteiger partial charge in [0, 0.05) is 49.8 Å². The highest BCUT2D eigenvalue weighted by molar-refractivity contribution is 5.84. The molecular formula is C20H33N5. The van der Waals surface area contributed by atoms with Crippen LogP contribution in [-0.2, 0) is 6.42 Å². The third-order valence-corrected chi connectivity index (χ3v) is 4.66. The van der Waals surface area contributed by atoms with Crippen LogP contribution in [0.1, 0.15) is 31.9 Å². The molecule has 3 N–H and O–H groups in total. The number of aryl methyl sites for hydroxylation is 1. The Morgan fingerprint density at radius 1 is 1.24 bits per heavy atom. The molecule has 1 aromatic heterocycles. The maximum absolute atomic E-state index is 4.32. The second-order valence-electron chi connectivity index (χ2n) is 6.76. The smallest absolute Gasteiger partial charge is 0.191 e. The summed E-state index contributed by atoms with van der Waals surface area (Å²) in [4.78, 5) is 10.1. The van der Waals surface area contributed by atoms with Crippen LogP contribution in [0.5, 0.6) is 0 Å². The van der Waals surface area contributed by atoms with E-state index in [0.29, 0.717) is 6.04 Å². The van der Waals surface area contributed by atoms with Gasteiger partial charge in [-0.15, -0.1) is 0 Å². The number of fused-ring (bicyclic) bond motifs is 1. The van der Waals surface area contributed by atoms with Crippen LogP contribution in [-0.4, -0.2) is 55.1 Å². The summed E-state index contributed by atoms with van der Waals surface area (Å²) in [6.45, 7) is 12.7. The van der Waals surface area contributed by atoms with Crippen molar-refractivity contribution in [1.82, 2.24) is 20.5 Å². The molecule has 0 saturated heterocycles. The molecule has 0 unspecified atom stereocenters. The second-order valence-corrected chi connectivity index (χ2v) is 6.76. The summed E-state index contributed by atoms with van der Waals surface area (Å²) in [5.41, 5.74) is 3.84. The van der Waals surface area contributed by atoms with Crippen molar-refractivity contribution >= 4 is 16.9 Å². The van der Waals surface area contributed by atoms with Crippen molar-refractivity contribution in [1.29, 1.82) is 0 Å². The first-order valence-corrected chi connectivity index (χ1v) is 9.30. The van der Waals surface area contributed by atoms with Gasteiger partial charge in [0.05, 0.1) is 0 Å². The normalized spacial score (nSPS) is 12.4. The molecule has 5 nitrogen and oxygen atoms in total. The van der Waals surface area contributed by atoms with Crippen molar-refractivity contribution in [2.75, 3.05) is 33.2 Å². The Morgan fingerprint density at radius 2 is 2.00 bits per heavy atom. The first-order chi connectivity index (χ1) is 12.0. The van der Waals surface area contributed by atoms with Crippen molar-refractivity contribution < 1.29 is 0 Å². The lowest BCUT2D eigenvalue weighted by Gasteiger charge is -2.25. The van der Waals surface area contributed by atoms with Gasteiger partial charge in [-0.1, -0.05) is 19.1 Å². The molecule has 0 aliphatic carbocycles. The third kappa shape index (κ3) is 5.49. The summed E-state index contributed by atoms with van der Waals surface area (Å²) in [6.07, 6.45) is 3.08. The van der Waals surface area contributed by atoms with Crippen LogP contribution in [0.4, 0.5) is 0 Å². The standard InChI is InChI=1S/C20H33N5/c1-6-25(15(2)3)12-11-23-20(21-5)22-10-9-17-14-24-19-13-16(4)7-8-18(17)19/h7-8,13-15,24H,6,9-12H2,1-5H3,(H2,21,22,23). The van der Waals surface area contributed by atoms with E-state index in [0.717, 1.165) is 38.6 Å². The number of benzene rings is 1. The van der Waals surface area contributed by atoms with Crippen LogP contribution in [0.15, 0.2) is 29.4 Å². The largest absolute Gasteiger partial charge is 0.361 e. The number of aliphatic imine (C=N–C) groups is 1. The molecule has 0 aliphatic rings. The van der Waals surface area contributed by atoms with Crippen molar-refractivity contribution in [2.45, 2.75) is 40.2 Å². The summed E-state index contributed by atoms with van der Waals surface area (Å²) < 4.78 is 0. The number of hydrogen-bond acceptors (Lipinski definition) is 2. The van der Waals surface area contributed by atoms with E-state index in [2.05, 4.69) is 77.6 Å². The van der Waals surface area contributed by atoms with Crippen molar-refractivity contribution in [3.05, 3.63) is 35.5 Å². The van der Waals surface area contributed by atoms with Crippen LogP contribution in [0, 0.1) is 6.92 Å². The average Bonchev–Trinajstić information content (AvgIpc) is 2.98. The number of aromatic amines is 1. The number of H-pyrrole nitrogens is 1. The van der Waals surface area contributed by atoms with Crippen LogP contribution in [0.2, 0.25) is 0 Å². The summed E-state index contributed by atoms with van der Waals surface area (Å²) in [5.74, 6) is 0.871. The quantitative estimate of drug-likeness (QED) is 0.510. The lowest BCUT2D eigenvalue weighted by Crippen LogP contribution is -2.43. The molecule has 138 valence electrons. The van der Waals surface area contributed by atoms with Gasteiger partial charge >= 0.3 is 0 Å². The molecule has 0 saturated carbocycles. The van der Waals surface area contributed by atoms with Gasteiger partial charge in [0.2, 0.25) is 0 Å². The zero-order valence-electron chi connectivity index (χ0n) is 16.3. The molecule has 0 aliphatic heterocycles. The minimum atomic E-state index is 0.576. The first kappa shape index (κ1) is 19.3. The van der Waals surface area contributed by atoms with Crippen molar-refractivity contribution in [2.24, 2.45) is 4.99 Å². The van der Waals surface area contributed by atoms with Gasteiger partial charge in [-0.25, -0.2) is 0 Å². The van der Waals surface area contributed by atoms with Crippen LogP contribution >= 0.6 is 0 Å². The Morgan fingerprint density at radius 3 is 2.68 bits per heavy atom. The lowest BCUT2D eigenvalue weighted by atomic mass is 10.1. The maximum Gasteiger partial charge on any atom is 0.191 e. The molecule has 0 amide bonds. The number of rotatable bonds is 8. The van der Waals surface area contributed by atoms with Crippen LogP contribution in [0.3, 0.4) is 0 Å². The summed E-state index contributed by atoms with van der Waals surface area (Å²) in [7, 11) is 1.82. The Bertz CT molecular complexity index is 686. The molecule has 0 spiro atoms. The van der Waals surface area contributed by atoms with E-state index in [1.165, 1.54) is 22.0 Å². The molecule has 0 fully saturated rings. The van der Waals surface area contributed by atoms with Gasteiger partial charge in [-0.3, -0.25) is 9.89 Å². The number of hydrogen-bond donors (Lipinski definition) is 3. The number of likely N-dealkylation sites (N-methyl/N-ethyl adjacent to an activating group) is 1. The van der Waals surface area contributed by atoms with Gasteiger partial charge in [-0.2, -0.15) is 0 Å². The van der Waals surface area contributed by atoms with E-state index >= 15 is 0 Å². The number of aromatic nitrogens is 1. The van der Waals surface area contributed by atoms with Gasteiger partial charge in [0.15, 0.2) is 5.96 Å². The van der Waals surface area contributed by atoms with E-state index in [-0.39, 0.29) is 0 Å². The number of nitrogens with zero attached hydrogens (tertiary/aromatic N) is 2. The highest BCUT2D eigenvalue weighted by Gasteiger charge is 2.07. The van der Waals surface area contributed by atoms with Gasteiger partial charge in [0.1, 0.15) is 0 Å². The fourth-order valence-electron chi connectivity index (χ4n) is 3.14. The molecular weight excluding hydrogens is 310 g/mol. The van der Waals surface area contributed by atoms with E-state index < -0.39 is 0 Å². The van der Waals surface area contributed by atoms with Crippen LogP contribution < -0.4 is 10.6 Å². The minimum absolute atomic E-state index is 0.576. The monoisotopic (exact) mass is 343 g/mol. The molecule has 0 bridgehead atoms. The van der Waals surface area contributed by atoms with Crippen LogP contribution in [0.25, 0.3) is 10.9 Å². The fraction of sp³-hybridized carbons (Fsp3) is 0.550. The molecule has 0 radical (unpaired) electrons. The summed E-state index contributed by atoms with van der Waals surface area (Å²) in [5, 5.41) is 8.13. The molecule has 25 heavy (non-hydrogen) atoms. The van der Waals surface area contributed by atoms with Gasteiger partial charge < -0.3 is 15.6 Å². The Hall–Kier alpha value is -2.01. The summed E-state index contributed by atoms with van der Waals surface area (Å²) >= 11 is 0. The number of guanidine groups is 1. The molecule has 0 atom stereocenters. The summed E-state index contributed by atoms with van der Waals surface area (Å²) in [6, 6.07) is 7.14. The van der Waals surface area contributed by atoms with Crippen molar-refractivity contribution in [3.8, 4) is 0 Å². The molecule has 5 heteroatoms. The van der Waals surface area contributed by atoms with Gasteiger partial charge in [0.25, 0.3) is 0 Å². The van der Waals surface area contributed by atoms with E-state index in [4.69, 9.17) is 0 Å². The Labute approximate surface area is 151 Å². The zero-order valence-corrected chi connectivity index (χ0v) is 16.3. The predicted octanol–water partition coefficient (Wildman–Crippen LogP) is 2.91. The average molecular weight is 344 g/mol. The van der Waals surface area contributed by atoms with E-state index in [9.17, 15) is 0 Å². The molecule has 1 aromatic carbocycles. The van der Waals surface area contributed by atoms with E-state index in [1.54, 1.807) is 0 Å². The highest BCUT2D eigenvalue weighted by atomic mass is 15.2. The molecule has 1 heterocycles. The predicted molar refractivity (Wildman–Crippen MR) is 108 cm³/mol. The topological polar surface area (TPSA) is 55.4 Å². The van der Waals surface area contributed by atoms with Crippen molar-refractivity contribution in [3.63, 3.8) is 0 Å². The maximum atomic E-state index is 4.32. The van der Waals surface area contributed by atoms with E-state index in [1.807, 2.05) is 7.05 Å².